The molecule has 0 radical (unpaired) electrons. The van der Waals surface area contributed by atoms with Crippen LogP contribution in [-0.2, 0) is 30.7 Å². The second-order valence-electron chi connectivity index (χ2n) is 7.62. The van der Waals surface area contributed by atoms with E-state index in [1.165, 1.54) is 23.6 Å². The van der Waals surface area contributed by atoms with Gasteiger partial charge >= 0.3 is 12.1 Å². The number of carboxylic acid groups (broad SMARTS) is 1. The Kier molecular flexibility index (Phi) is 5.57. The molecule has 0 bridgehead atoms. The predicted octanol–water partition coefficient (Wildman–Crippen LogP) is 0.239. The first-order valence-corrected chi connectivity index (χ1v) is 12.0. The van der Waals surface area contributed by atoms with Gasteiger partial charge in [-0.1, -0.05) is 6.07 Å². The molecule has 0 unspecified atom stereocenters. The van der Waals surface area contributed by atoms with E-state index in [-0.39, 0.29) is 12.1 Å². The van der Waals surface area contributed by atoms with Crippen LogP contribution in [0.25, 0.3) is 6.08 Å². The Morgan fingerprint density at radius 1 is 1.42 bits per heavy atom. The topological polar surface area (TPSA) is 182 Å². The van der Waals surface area contributed by atoms with Gasteiger partial charge < -0.3 is 25.8 Å². The molecular formula is C19H19N5O7S2. The van der Waals surface area contributed by atoms with Gasteiger partial charge in [-0.25, -0.2) is 23.0 Å². The van der Waals surface area contributed by atoms with Gasteiger partial charge in [0.1, 0.15) is 11.4 Å². The molecule has 0 aliphatic carbocycles. The summed E-state index contributed by atoms with van der Waals surface area (Å²) in [7, 11) is -4.29. The lowest BCUT2D eigenvalue weighted by molar-refractivity contribution is -0.153. The second kappa shape index (κ2) is 8.12. The van der Waals surface area contributed by atoms with Crippen molar-refractivity contribution in [3.8, 4) is 0 Å². The summed E-state index contributed by atoms with van der Waals surface area (Å²) < 4.78 is 29.8. The van der Waals surface area contributed by atoms with Gasteiger partial charge in [0.25, 0.3) is 5.91 Å². The molecule has 4 N–H and O–H groups in total. The average Bonchev–Trinajstić information content (AvgIpc) is 3.26. The fourth-order valence-corrected chi connectivity index (χ4v) is 6.68. The van der Waals surface area contributed by atoms with E-state index in [1.54, 1.807) is 23.6 Å². The van der Waals surface area contributed by atoms with Crippen LogP contribution in [0.3, 0.4) is 0 Å². The van der Waals surface area contributed by atoms with E-state index < -0.39 is 50.6 Å². The van der Waals surface area contributed by atoms with E-state index >= 15 is 0 Å². The number of pyridine rings is 1. The minimum Gasteiger partial charge on any atom is -0.480 e. The molecule has 2 aliphatic rings. The molecule has 0 saturated carbocycles. The van der Waals surface area contributed by atoms with Crippen molar-refractivity contribution in [3.63, 3.8) is 0 Å². The minimum absolute atomic E-state index is 0.0114. The third kappa shape index (κ3) is 3.70. The predicted molar refractivity (Wildman–Crippen MR) is 116 cm³/mol. The van der Waals surface area contributed by atoms with Crippen molar-refractivity contribution in [1.29, 1.82) is 0 Å². The SMILES string of the molecule is C[C@]1(COC(=O)NCc2csc(N)n2)[C@H](C(=O)O)N2C(=O)C(=Cc3ccccn3)[C@H]2S1(=O)=O. The smallest absolute Gasteiger partial charge is 0.407 e. The number of sulfone groups is 1. The van der Waals surface area contributed by atoms with Gasteiger partial charge in [0, 0.05) is 11.6 Å². The highest BCUT2D eigenvalue weighted by molar-refractivity contribution is 7.94. The number of carbonyl (C=O) groups is 3. The molecule has 2 aromatic heterocycles. The summed E-state index contributed by atoms with van der Waals surface area (Å²) in [5.74, 6) is -2.24. The molecule has 3 atom stereocenters. The molecule has 4 heterocycles. The number of ether oxygens (including phenoxy) is 1. The maximum absolute atomic E-state index is 13.4. The Hall–Kier alpha value is -3.52. The zero-order chi connectivity index (χ0) is 24.0. The molecule has 2 aromatic rings. The van der Waals surface area contributed by atoms with Crippen LogP contribution in [0.5, 0.6) is 0 Å². The van der Waals surface area contributed by atoms with Gasteiger partial charge in [0.05, 0.1) is 23.5 Å². The molecule has 0 aromatic carbocycles. The first-order valence-electron chi connectivity index (χ1n) is 9.58. The van der Waals surface area contributed by atoms with Crippen LogP contribution < -0.4 is 11.1 Å². The fraction of sp³-hybridized carbons (Fsp3) is 0.316. The number of nitrogens with zero attached hydrogens (tertiary/aromatic N) is 3. The molecule has 2 amide bonds. The van der Waals surface area contributed by atoms with Crippen LogP contribution in [0.2, 0.25) is 0 Å². The number of nitrogens with one attached hydrogen (secondary N) is 1. The van der Waals surface area contributed by atoms with E-state index in [0.717, 1.165) is 11.8 Å². The highest BCUT2D eigenvalue weighted by Crippen LogP contribution is 2.49. The Morgan fingerprint density at radius 2 is 2.18 bits per heavy atom. The Bertz CT molecular complexity index is 1260. The maximum atomic E-state index is 13.4. The van der Waals surface area contributed by atoms with Crippen molar-refractivity contribution >= 4 is 50.4 Å². The van der Waals surface area contributed by atoms with E-state index in [2.05, 4.69) is 15.3 Å². The molecule has 2 aliphatic heterocycles. The standard InChI is InChI=1S/C19H19N5O7S2/c1-19(9-31-18(28)22-7-11-8-32-17(20)23-11)13(16(26)27)24-14(25)12(15(24)33(19,29)30)6-10-4-2-3-5-21-10/h2-6,8,13,15H,7,9H2,1H3,(H2,20,23)(H,22,28)(H,26,27)/t13-,15+,19-/m0/s1. The molecule has 2 fully saturated rings. The number of rotatable bonds is 6. The summed E-state index contributed by atoms with van der Waals surface area (Å²) in [6, 6.07) is 3.18. The Morgan fingerprint density at radius 3 is 2.79 bits per heavy atom. The number of β-lactam (4-membered cyclic amide) rings is 1. The summed E-state index contributed by atoms with van der Waals surface area (Å²) in [6.07, 6.45) is 1.83. The van der Waals surface area contributed by atoms with Crippen LogP contribution in [0.1, 0.15) is 18.3 Å². The zero-order valence-electron chi connectivity index (χ0n) is 17.2. The van der Waals surface area contributed by atoms with Crippen molar-refractivity contribution in [2.45, 2.75) is 29.6 Å². The van der Waals surface area contributed by atoms with Gasteiger partial charge in [0.15, 0.2) is 26.4 Å². The molecule has 33 heavy (non-hydrogen) atoms. The largest absolute Gasteiger partial charge is 0.480 e. The van der Waals surface area contributed by atoms with Crippen molar-refractivity contribution in [1.82, 2.24) is 20.2 Å². The number of amides is 2. The molecule has 0 spiro atoms. The van der Waals surface area contributed by atoms with Crippen molar-refractivity contribution in [2.75, 3.05) is 12.3 Å². The summed E-state index contributed by atoms with van der Waals surface area (Å²) >= 11 is 1.18. The lowest BCUT2D eigenvalue weighted by atomic mass is 9.94. The van der Waals surface area contributed by atoms with Gasteiger partial charge in [-0.3, -0.25) is 9.78 Å². The number of aliphatic carboxylic acids is 1. The third-order valence-electron chi connectivity index (χ3n) is 5.50. The minimum atomic E-state index is -4.29. The van der Waals surface area contributed by atoms with Crippen LogP contribution in [0, 0.1) is 0 Å². The monoisotopic (exact) mass is 493 g/mol. The third-order valence-corrected chi connectivity index (χ3v) is 8.93. The highest BCUT2D eigenvalue weighted by atomic mass is 32.2. The highest BCUT2D eigenvalue weighted by Gasteiger charge is 2.72. The number of hydrogen-bond donors (Lipinski definition) is 3. The van der Waals surface area contributed by atoms with E-state index in [0.29, 0.717) is 16.5 Å². The number of nitrogens with two attached hydrogens (primary N) is 1. The first-order chi connectivity index (χ1) is 15.6. The Labute approximate surface area is 192 Å². The van der Waals surface area contributed by atoms with Crippen molar-refractivity contribution in [3.05, 3.63) is 46.7 Å². The quantitative estimate of drug-likeness (QED) is 0.372. The van der Waals surface area contributed by atoms with Gasteiger partial charge in [-0.2, -0.15) is 0 Å². The number of aromatic nitrogens is 2. The number of fused-ring (bicyclic) bond motifs is 1. The summed E-state index contributed by atoms with van der Waals surface area (Å²) in [6.45, 7) is 0.372. The van der Waals surface area contributed by atoms with Crippen molar-refractivity contribution in [2.24, 2.45) is 0 Å². The van der Waals surface area contributed by atoms with E-state index in [1.807, 2.05) is 0 Å². The summed E-state index contributed by atoms with van der Waals surface area (Å²) in [5.41, 5.74) is 6.27. The average molecular weight is 494 g/mol. The van der Waals surface area contributed by atoms with Crippen molar-refractivity contribution < 1.29 is 32.6 Å². The number of carboxylic acids is 1. The summed E-state index contributed by atoms with van der Waals surface area (Å²) in [5, 5.41) is 12.6. The number of anilines is 1. The lowest BCUT2D eigenvalue weighted by Gasteiger charge is -2.37. The fourth-order valence-electron chi connectivity index (χ4n) is 3.84. The molecule has 174 valence electrons. The molecule has 2 saturated heterocycles. The zero-order valence-corrected chi connectivity index (χ0v) is 18.8. The molecule has 12 nitrogen and oxygen atoms in total. The van der Waals surface area contributed by atoms with Crippen LogP contribution in [0.15, 0.2) is 35.3 Å². The first kappa shape index (κ1) is 22.7. The number of thiazole rings is 1. The number of carbonyl (C=O) groups excluding carboxylic acids is 2. The second-order valence-corrected chi connectivity index (χ2v) is 11.0. The van der Waals surface area contributed by atoms with Crippen LogP contribution in [-0.4, -0.2) is 69.1 Å². The molecular weight excluding hydrogens is 474 g/mol. The van der Waals surface area contributed by atoms with Crippen LogP contribution >= 0.6 is 11.3 Å². The summed E-state index contributed by atoms with van der Waals surface area (Å²) in [4.78, 5) is 45.6. The van der Waals surface area contributed by atoms with Crippen LogP contribution in [0.4, 0.5) is 9.93 Å². The van der Waals surface area contributed by atoms with E-state index in [9.17, 15) is 27.9 Å². The van der Waals surface area contributed by atoms with Gasteiger partial charge in [-0.15, -0.1) is 11.3 Å². The van der Waals surface area contributed by atoms with Gasteiger partial charge in [0.2, 0.25) is 0 Å². The maximum Gasteiger partial charge on any atom is 0.407 e. The van der Waals surface area contributed by atoms with Gasteiger partial charge in [-0.05, 0) is 25.1 Å². The lowest BCUT2D eigenvalue weighted by Crippen LogP contribution is -2.59. The normalized spacial score (nSPS) is 26.5. The Balaban J connectivity index is 1.55. The number of hydrogen-bond acceptors (Lipinski definition) is 10. The molecule has 4 rings (SSSR count). The number of nitrogen functional groups attached to an aromatic ring is 1. The number of alkyl carbamates (subject to hydrolysis) is 1. The molecule has 14 heteroatoms. The van der Waals surface area contributed by atoms with E-state index in [4.69, 9.17) is 10.5 Å².